The van der Waals surface area contributed by atoms with Gasteiger partial charge in [0, 0.05) is 43.8 Å². The summed E-state index contributed by atoms with van der Waals surface area (Å²) in [6.45, 7) is 4.39. The smallest absolute Gasteiger partial charge is 0.238 e. The van der Waals surface area contributed by atoms with E-state index in [1.54, 1.807) is 13.3 Å². The van der Waals surface area contributed by atoms with Crippen LogP contribution in [0.1, 0.15) is 12.0 Å². The molecule has 8 heteroatoms. The number of hydrogen-bond acceptors (Lipinski definition) is 6. The molecule has 1 saturated heterocycles. The number of β-amino-alcohol motifs (C(OH)–C–C–N with tert-alkyl or cyclic N) is 1. The molecule has 1 amide bonds. The Kier molecular flexibility index (Phi) is 7.36. The second-order valence-electron chi connectivity index (χ2n) is 8.34. The number of carbonyl (C=O) groups is 1. The maximum atomic E-state index is 12.4. The van der Waals surface area contributed by atoms with Gasteiger partial charge in [0.25, 0.3) is 0 Å². The molecule has 2 heterocycles. The Bertz CT molecular complexity index is 1010. The van der Waals surface area contributed by atoms with Gasteiger partial charge in [0.15, 0.2) is 0 Å². The molecule has 1 atom stereocenters. The molecule has 1 unspecified atom stereocenters. The van der Waals surface area contributed by atoms with E-state index in [4.69, 9.17) is 4.74 Å². The number of aryl methyl sites for hydroxylation is 1. The molecule has 4 rings (SSSR count). The monoisotopic (exact) mass is 437 g/mol. The summed E-state index contributed by atoms with van der Waals surface area (Å²) in [6.07, 6.45) is 2.96. The average molecular weight is 438 g/mol. The van der Waals surface area contributed by atoms with Crippen LogP contribution in [0.25, 0.3) is 10.9 Å². The summed E-state index contributed by atoms with van der Waals surface area (Å²) >= 11 is 0. The van der Waals surface area contributed by atoms with Gasteiger partial charge in [0.2, 0.25) is 5.91 Å². The largest absolute Gasteiger partial charge is 0.497 e. The lowest BCUT2D eigenvalue weighted by atomic mass is 10.1. The van der Waals surface area contributed by atoms with Gasteiger partial charge in [0.1, 0.15) is 5.75 Å². The Morgan fingerprint density at radius 1 is 1.16 bits per heavy atom. The number of anilines is 1. The number of aromatic nitrogens is 2. The van der Waals surface area contributed by atoms with Crippen LogP contribution in [-0.2, 0) is 11.2 Å². The van der Waals surface area contributed by atoms with E-state index in [9.17, 15) is 9.90 Å². The number of nitrogens with one attached hydrogen (secondary N) is 2. The third-order valence-corrected chi connectivity index (χ3v) is 5.95. The minimum atomic E-state index is -0.357. The first-order valence-electron chi connectivity index (χ1n) is 11.1. The summed E-state index contributed by atoms with van der Waals surface area (Å²) in [5, 5.41) is 21.3. The lowest BCUT2D eigenvalue weighted by Gasteiger charge is -2.35. The molecule has 1 aromatic heterocycles. The molecule has 3 N–H and O–H groups in total. The molecule has 0 radical (unpaired) electrons. The van der Waals surface area contributed by atoms with Crippen LogP contribution in [0, 0.1) is 0 Å². The molecule has 0 saturated carbocycles. The van der Waals surface area contributed by atoms with Crippen molar-refractivity contribution < 1.29 is 14.6 Å². The third-order valence-electron chi connectivity index (χ3n) is 5.95. The number of amides is 1. The lowest BCUT2D eigenvalue weighted by molar-refractivity contribution is -0.117. The van der Waals surface area contributed by atoms with Crippen molar-refractivity contribution in [2.75, 3.05) is 51.7 Å². The number of hydrogen-bond donors (Lipinski definition) is 3. The van der Waals surface area contributed by atoms with Crippen LogP contribution in [0.2, 0.25) is 0 Å². The Morgan fingerprint density at radius 2 is 1.91 bits per heavy atom. The highest BCUT2D eigenvalue weighted by Crippen LogP contribution is 2.17. The van der Waals surface area contributed by atoms with E-state index in [0.29, 0.717) is 13.1 Å². The number of benzene rings is 2. The lowest BCUT2D eigenvalue weighted by Crippen LogP contribution is -2.50. The highest BCUT2D eigenvalue weighted by molar-refractivity contribution is 5.94. The fourth-order valence-electron chi connectivity index (χ4n) is 4.07. The van der Waals surface area contributed by atoms with Crippen LogP contribution in [0.3, 0.4) is 0 Å². The first-order chi connectivity index (χ1) is 15.6. The zero-order valence-electron chi connectivity index (χ0n) is 18.5. The van der Waals surface area contributed by atoms with Crippen molar-refractivity contribution in [3.05, 3.63) is 54.2 Å². The summed E-state index contributed by atoms with van der Waals surface area (Å²) in [6, 6.07) is 13.7. The molecular weight excluding hydrogens is 406 g/mol. The molecule has 3 aromatic rings. The van der Waals surface area contributed by atoms with E-state index in [2.05, 4.69) is 25.3 Å². The van der Waals surface area contributed by atoms with Crippen molar-refractivity contribution in [3.63, 3.8) is 0 Å². The number of fused-ring (bicyclic) bond motifs is 1. The number of H-pyrrole nitrogens is 1. The number of nitrogens with zero attached hydrogens (tertiary/aromatic N) is 3. The molecule has 0 bridgehead atoms. The number of carbonyl (C=O) groups excluding carboxylic acids is 1. The Morgan fingerprint density at radius 3 is 2.66 bits per heavy atom. The van der Waals surface area contributed by atoms with Crippen LogP contribution >= 0.6 is 0 Å². The van der Waals surface area contributed by atoms with Crippen molar-refractivity contribution in [2.45, 2.75) is 18.9 Å². The molecule has 0 spiro atoms. The number of aliphatic hydroxyl groups is 1. The number of piperazine rings is 1. The first-order valence-corrected chi connectivity index (χ1v) is 11.1. The summed E-state index contributed by atoms with van der Waals surface area (Å²) in [5.41, 5.74) is 2.93. The van der Waals surface area contributed by atoms with Gasteiger partial charge in [-0.2, -0.15) is 5.10 Å². The summed E-state index contributed by atoms with van der Waals surface area (Å²) < 4.78 is 5.18. The molecule has 170 valence electrons. The van der Waals surface area contributed by atoms with Gasteiger partial charge in [0.05, 0.1) is 31.5 Å². The molecule has 0 aliphatic carbocycles. The van der Waals surface area contributed by atoms with Gasteiger partial charge < -0.3 is 15.2 Å². The quantitative estimate of drug-likeness (QED) is 0.475. The van der Waals surface area contributed by atoms with E-state index in [-0.39, 0.29) is 12.0 Å². The zero-order valence-corrected chi connectivity index (χ0v) is 18.5. The van der Waals surface area contributed by atoms with E-state index < -0.39 is 0 Å². The van der Waals surface area contributed by atoms with Crippen molar-refractivity contribution in [1.29, 1.82) is 0 Å². The molecule has 8 nitrogen and oxygen atoms in total. The van der Waals surface area contributed by atoms with Gasteiger partial charge in [-0.25, -0.2) is 0 Å². The maximum Gasteiger partial charge on any atom is 0.238 e. The highest BCUT2D eigenvalue weighted by atomic mass is 16.5. The van der Waals surface area contributed by atoms with Crippen molar-refractivity contribution >= 4 is 22.5 Å². The zero-order chi connectivity index (χ0) is 22.3. The molecular formula is C24H31N5O3. The normalized spacial score (nSPS) is 16.2. The number of rotatable bonds is 9. The van der Waals surface area contributed by atoms with Crippen LogP contribution in [-0.4, -0.2) is 83.5 Å². The molecule has 1 fully saturated rings. The van der Waals surface area contributed by atoms with Crippen molar-refractivity contribution in [1.82, 2.24) is 20.0 Å². The SMILES string of the molecule is COc1ccc(CCC(O)CN2CCN(CC(=O)Nc3ccc4[nH]ncc4c3)CC2)cc1. The topological polar surface area (TPSA) is 93.7 Å². The van der Waals surface area contributed by atoms with Gasteiger partial charge >= 0.3 is 0 Å². The van der Waals surface area contributed by atoms with Crippen molar-refractivity contribution in [2.24, 2.45) is 0 Å². The summed E-state index contributed by atoms with van der Waals surface area (Å²) in [7, 11) is 1.66. The first kappa shape index (κ1) is 22.3. The van der Waals surface area contributed by atoms with Crippen LogP contribution in [0.15, 0.2) is 48.7 Å². The molecule has 2 aromatic carbocycles. The second-order valence-corrected chi connectivity index (χ2v) is 8.34. The Balaban J connectivity index is 1.15. The predicted octanol–water partition coefficient (Wildman–Crippen LogP) is 2.12. The van der Waals surface area contributed by atoms with Crippen LogP contribution in [0.5, 0.6) is 5.75 Å². The van der Waals surface area contributed by atoms with E-state index in [0.717, 1.165) is 61.4 Å². The number of methoxy groups -OCH3 is 1. The van der Waals surface area contributed by atoms with Gasteiger partial charge in [-0.1, -0.05) is 12.1 Å². The average Bonchev–Trinajstić information content (AvgIpc) is 3.27. The predicted molar refractivity (Wildman–Crippen MR) is 125 cm³/mol. The van der Waals surface area contributed by atoms with Crippen molar-refractivity contribution in [3.8, 4) is 5.75 Å². The molecule has 1 aliphatic heterocycles. The Hall–Kier alpha value is -2.94. The fraction of sp³-hybridized carbons (Fsp3) is 0.417. The van der Waals surface area contributed by atoms with Gasteiger partial charge in [-0.3, -0.25) is 19.7 Å². The maximum absolute atomic E-state index is 12.4. The Labute approximate surface area is 188 Å². The highest BCUT2D eigenvalue weighted by Gasteiger charge is 2.21. The fourth-order valence-corrected chi connectivity index (χ4v) is 4.07. The summed E-state index contributed by atoms with van der Waals surface area (Å²) in [5.74, 6) is 0.834. The summed E-state index contributed by atoms with van der Waals surface area (Å²) in [4.78, 5) is 16.9. The van der Waals surface area contributed by atoms with Crippen LogP contribution in [0.4, 0.5) is 5.69 Å². The number of aromatic amines is 1. The number of aliphatic hydroxyl groups excluding tert-OH is 1. The van der Waals surface area contributed by atoms with E-state index in [1.807, 2.05) is 42.5 Å². The standard InChI is InChI=1S/C24H31N5O3/c1-32-22-7-3-18(4-8-22)2-6-21(30)16-28-10-12-29(13-11-28)17-24(31)26-20-5-9-23-19(14-20)15-25-27-23/h3-5,7-9,14-15,21,30H,2,6,10-13,16-17H2,1H3,(H,25,27)(H,26,31). The second kappa shape index (κ2) is 10.6. The number of ether oxygens (including phenoxy) is 1. The van der Waals surface area contributed by atoms with Gasteiger partial charge in [-0.15, -0.1) is 0 Å². The van der Waals surface area contributed by atoms with E-state index >= 15 is 0 Å². The minimum Gasteiger partial charge on any atom is -0.497 e. The van der Waals surface area contributed by atoms with Gasteiger partial charge in [-0.05, 0) is 48.7 Å². The molecule has 32 heavy (non-hydrogen) atoms. The van der Waals surface area contributed by atoms with Crippen LogP contribution < -0.4 is 10.1 Å². The van der Waals surface area contributed by atoms with E-state index in [1.165, 1.54) is 5.56 Å². The minimum absolute atomic E-state index is 0.0131. The molecule has 1 aliphatic rings. The third kappa shape index (κ3) is 6.06.